The van der Waals surface area contributed by atoms with Crippen molar-refractivity contribution in [1.29, 1.82) is 0 Å². The zero-order valence-electron chi connectivity index (χ0n) is 16.6. The van der Waals surface area contributed by atoms with Crippen molar-refractivity contribution < 1.29 is 0 Å². The Bertz CT molecular complexity index is 637. The summed E-state index contributed by atoms with van der Waals surface area (Å²) < 4.78 is 0. The topological polar surface area (TPSA) is 25.8 Å². The average Bonchev–Trinajstić information content (AvgIpc) is 2.69. The van der Waals surface area contributed by atoms with Gasteiger partial charge in [0.2, 0.25) is 0 Å². The highest BCUT2D eigenvalue weighted by molar-refractivity contribution is 5.61. The van der Waals surface area contributed by atoms with Crippen molar-refractivity contribution in [3.63, 3.8) is 0 Å². The average molecular weight is 351 g/mol. The van der Waals surface area contributed by atoms with Gasteiger partial charge in [-0.25, -0.2) is 9.97 Å². The molecule has 0 saturated heterocycles. The maximum absolute atomic E-state index is 4.62. The molecule has 140 valence electrons. The zero-order chi connectivity index (χ0) is 18.2. The molecule has 3 rings (SSSR count). The van der Waals surface area contributed by atoms with Gasteiger partial charge in [0.1, 0.15) is 5.82 Å². The summed E-state index contributed by atoms with van der Waals surface area (Å²) in [5.74, 6) is 2.89. The highest BCUT2D eigenvalue weighted by atomic mass is 14.9. The second kappa shape index (κ2) is 9.85. The van der Waals surface area contributed by atoms with Crippen LogP contribution in [0.25, 0.3) is 11.1 Å². The van der Waals surface area contributed by atoms with Gasteiger partial charge >= 0.3 is 0 Å². The van der Waals surface area contributed by atoms with Crippen molar-refractivity contribution in [2.24, 2.45) is 11.8 Å². The zero-order valence-corrected chi connectivity index (χ0v) is 16.6. The molecule has 1 aliphatic carbocycles. The van der Waals surface area contributed by atoms with Crippen LogP contribution in [0.4, 0.5) is 0 Å². The van der Waals surface area contributed by atoms with Crippen molar-refractivity contribution in [3.8, 4) is 11.1 Å². The largest absolute Gasteiger partial charge is 0.241 e. The fraction of sp³-hybridized carbons (Fsp3) is 0.583. The second-order valence-corrected chi connectivity index (χ2v) is 8.18. The molecule has 0 N–H and O–H groups in total. The molecule has 1 fully saturated rings. The highest BCUT2D eigenvalue weighted by Gasteiger charge is 2.20. The minimum absolute atomic E-state index is 0.887. The van der Waals surface area contributed by atoms with E-state index in [0.717, 1.165) is 29.6 Å². The monoisotopic (exact) mass is 350 g/mol. The molecule has 1 saturated carbocycles. The van der Waals surface area contributed by atoms with Crippen LogP contribution in [-0.4, -0.2) is 9.97 Å². The van der Waals surface area contributed by atoms with Gasteiger partial charge in [-0.2, -0.15) is 0 Å². The summed E-state index contributed by atoms with van der Waals surface area (Å²) >= 11 is 0. The Morgan fingerprint density at radius 2 is 1.42 bits per heavy atom. The summed E-state index contributed by atoms with van der Waals surface area (Å²) in [6, 6.07) is 8.57. The second-order valence-electron chi connectivity index (χ2n) is 8.18. The molecule has 0 amide bonds. The van der Waals surface area contributed by atoms with Crippen molar-refractivity contribution in [2.75, 3.05) is 0 Å². The lowest BCUT2D eigenvalue weighted by Gasteiger charge is -2.28. The molecule has 1 heterocycles. The first-order valence-electron chi connectivity index (χ1n) is 10.6. The number of aryl methyl sites for hydroxylation is 2. The number of benzene rings is 1. The molecule has 0 radical (unpaired) electrons. The van der Waals surface area contributed by atoms with Crippen LogP contribution in [0.1, 0.15) is 76.1 Å². The number of unbranched alkanes of at least 4 members (excludes halogenated alkanes) is 2. The Balaban J connectivity index is 1.42. The van der Waals surface area contributed by atoms with Gasteiger partial charge in [0.25, 0.3) is 0 Å². The molecule has 0 unspecified atom stereocenters. The summed E-state index contributed by atoms with van der Waals surface area (Å²) in [5.41, 5.74) is 3.59. The van der Waals surface area contributed by atoms with E-state index in [1.165, 1.54) is 68.9 Å². The molecule has 1 aliphatic rings. The van der Waals surface area contributed by atoms with Gasteiger partial charge in [-0.15, -0.1) is 0 Å². The fourth-order valence-corrected chi connectivity index (χ4v) is 4.20. The van der Waals surface area contributed by atoms with Gasteiger partial charge in [0.15, 0.2) is 0 Å². The maximum atomic E-state index is 4.62. The predicted molar refractivity (Wildman–Crippen MR) is 110 cm³/mol. The molecule has 1 aromatic heterocycles. The number of rotatable bonds is 8. The predicted octanol–water partition coefficient (Wildman–Crippen LogP) is 6.77. The van der Waals surface area contributed by atoms with Gasteiger partial charge in [-0.05, 0) is 30.7 Å². The molecule has 0 aliphatic heterocycles. The van der Waals surface area contributed by atoms with E-state index >= 15 is 0 Å². The minimum Gasteiger partial charge on any atom is -0.241 e. The van der Waals surface area contributed by atoms with Gasteiger partial charge in [0, 0.05) is 24.4 Å². The van der Waals surface area contributed by atoms with Crippen LogP contribution in [-0.2, 0) is 6.42 Å². The van der Waals surface area contributed by atoms with Crippen molar-refractivity contribution >= 4 is 0 Å². The van der Waals surface area contributed by atoms with Crippen LogP contribution in [0, 0.1) is 18.8 Å². The summed E-state index contributed by atoms with van der Waals surface area (Å²) in [4.78, 5) is 9.23. The first-order chi connectivity index (χ1) is 12.7. The summed E-state index contributed by atoms with van der Waals surface area (Å²) in [7, 11) is 0. The highest BCUT2D eigenvalue weighted by Crippen LogP contribution is 2.34. The Labute approximate surface area is 159 Å². The van der Waals surface area contributed by atoms with Crippen LogP contribution in [0.3, 0.4) is 0 Å². The molecule has 2 heteroatoms. The third-order valence-electron chi connectivity index (χ3n) is 6.05. The normalized spacial score (nSPS) is 20.2. The van der Waals surface area contributed by atoms with Crippen LogP contribution in [0.5, 0.6) is 0 Å². The number of hydrogen-bond donors (Lipinski definition) is 0. The summed E-state index contributed by atoms with van der Waals surface area (Å²) in [6.07, 6.45) is 17.6. The number of hydrogen-bond acceptors (Lipinski definition) is 2. The minimum atomic E-state index is 0.887. The van der Waals surface area contributed by atoms with Crippen molar-refractivity contribution in [2.45, 2.75) is 78.1 Å². The van der Waals surface area contributed by atoms with Crippen LogP contribution >= 0.6 is 0 Å². The quantitative estimate of drug-likeness (QED) is 0.491. The molecule has 26 heavy (non-hydrogen) atoms. The van der Waals surface area contributed by atoms with E-state index in [4.69, 9.17) is 0 Å². The van der Waals surface area contributed by atoms with Crippen LogP contribution in [0.15, 0.2) is 36.7 Å². The smallest absolute Gasteiger partial charge is 0.128 e. The fourth-order valence-electron chi connectivity index (χ4n) is 4.20. The SMILES string of the molecule is CCCCCC1CCC(CCc2ncc(-c3ccc(C)cc3)cn2)CC1. The van der Waals surface area contributed by atoms with Gasteiger partial charge in [-0.3, -0.25) is 0 Å². The van der Waals surface area contributed by atoms with Crippen LogP contribution in [0.2, 0.25) is 0 Å². The number of nitrogens with zero attached hydrogens (tertiary/aromatic N) is 2. The third-order valence-corrected chi connectivity index (χ3v) is 6.05. The van der Waals surface area contributed by atoms with Crippen molar-refractivity contribution in [1.82, 2.24) is 9.97 Å². The van der Waals surface area contributed by atoms with Gasteiger partial charge in [0.05, 0.1) is 0 Å². The van der Waals surface area contributed by atoms with Crippen molar-refractivity contribution in [3.05, 3.63) is 48.0 Å². The lowest BCUT2D eigenvalue weighted by molar-refractivity contribution is 0.248. The lowest BCUT2D eigenvalue weighted by Crippen LogP contribution is -2.15. The molecular formula is C24H34N2. The molecule has 1 aromatic carbocycles. The first kappa shape index (κ1) is 19.1. The van der Waals surface area contributed by atoms with Gasteiger partial charge in [-0.1, -0.05) is 88.1 Å². The molecule has 2 nitrogen and oxygen atoms in total. The first-order valence-corrected chi connectivity index (χ1v) is 10.6. The van der Waals surface area contributed by atoms with E-state index in [2.05, 4.69) is 48.1 Å². The molecule has 0 atom stereocenters. The van der Waals surface area contributed by atoms with E-state index in [1.807, 2.05) is 12.4 Å². The van der Waals surface area contributed by atoms with E-state index in [0.29, 0.717) is 0 Å². The van der Waals surface area contributed by atoms with E-state index in [9.17, 15) is 0 Å². The molecule has 0 bridgehead atoms. The standard InChI is InChI=1S/C24H34N2/c1-3-4-5-6-20-9-11-21(12-10-20)13-16-24-25-17-23(18-26-24)22-14-7-19(2)8-15-22/h7-8,14-15,17-18,20-21H,3-6,9-13,16H2,1-2H3. The Kier molecular flexibility index (Phi) is 7.22. The van der Waals surface area contributed by atoms with E-state index < -0.39 is 0 Å². The molecule has 2 aromatic rings. The lowest BCUT2D eigenvalue weighted by atomic mass is 9.78. The Morgan fingerprint density at radius 3 is 2.04 bits per heavy atom. The van der Waals surface area contributed by atoms with E-state index in [-0.39, 0.29) is 0 Å². The Morgan fingerprint density at radius 1 is 0.808 bits per heavy atom. The third kappa shape index (κ3) is 5.65. The molecule has 0 spiro atoms. The maximum Gasteiger partial charge on any atom is 0.128 e. The summed E-state index contributed by atoms with van der Waals surface area (Å²) in [5, 5.41) is 0. The van der Waals surface area contributed by atoms with Gasteiger partial charge < -0.3 is 0 Å². The number of aromatic nitrogens is 2. The Hall–Kier alpha value is -1.70. The van der Waals surface area contributed by atoms with E-state index in [1.54, 1.807) is 0 Å². The van der Waals surface area contributed by atoms with Crippen LogP contribution < -0.4 is 0 Å². The summed E-state index contributed by atoms with van der Waals surface area (Å²) in [6.45, 7) is 4.41. The molecular weight excluding hydrogens is 316 g/mol.